The molecule has 41 heavy (non-hydrogen) atoms. The van der Waals surface area contributed by atoms with Gasteiger partial charge in [-0.05, 0) is 60.9 Å². The predicted molar refractivity (Wildman–Crippen MR) is 145 cm³/mol. The standard InChI is InChI=1S/C28H23F2N5O3.CH2F2/c1-32-26(37)22-21-14-20(17-3-2-4-18(13-17)25(36)35-28(15-31)9-10-28)24(33-12-11-29)34-27(21)38-23(22)16-5-7-19(30)8-6-16;2-1-3/h2-8,13-14H,9-12H2,1H3,(H,32,37)(H,33,34)(H,35,36);1H2. The number of nitriles is 1. The van der Waals surface area contributed by atoms with E-state index in [4.69, 9.17) is 4.42 Å². The molecule has 0 bridgehead atoms. The number of benzene rings is 2. The molecule has 0 atom stereocenters. The summed E-state index contributed by atoms with van der Waals surface area (Å²) in [5, 5.41) is 18.0. The largest absolute Gasteiger partial charge is 0.437 e. The molecule has 2 amide bonds. The highest BCUT2D eigenvalue weighted by molar-refractivity contribution is 6.11. The van der Waals surface area contributed by atoms with Gasteiger partial charge in [-0.3, -0.25) is 9.59 Å². The molecule has 1 fully saturated rings. The monoisotopic (exact) mass is 567 g/mol. The van der Waals surface area contributed by atoms with Crippen molar-refractivity contribution in [2.45, 2.75) is 18.4 Å². The van der Waals surface area contributed by atoms with Gasteiger partial charge in [-0.25, -0.2) is 17.6 Å². The summed E-state index contributed by atoms with van der Waals surface area (Å²) in [7, 11) is 1.48. The van der Waals surface area contributed by atoms with E-state index in [1.54, 1.807) is 30.3 Å². The zero-order chi connectivity index (χ0) is 29.6. The number of halogens is 4. The highest BCUT2D eigenvalue weighted by Crippen LogP contribution is 2.38. The van der Waals surface area contributed by atoms with Crippen molar-refractivity contribution in [3.8, 4) is 28.5 Å². The van der Waals surface area contributed by atoms with Crippen LogP contribution in [0.25, 0.3) is 33.6 Å². The number of nitrogens with zero attached hydrogens (tertiary/aromatic N) is 2. The fraction of sp³-hybridized carbons (Fsp3) is 0.241. The first-order valence-corrected chi connectivity index (χ1v) is 12.5. The molecule has 2 aromatic heterocycles. The second kappa shape index (κ2) is 12.5. The number of alkyl halides is 3. The highest BCUT2D eigenvalue weighted by Gasteiger charge is 2.44. The van der Waals surface area contributed by atoms with Crippen molar-refractivity contribution in [2.75, 3.05) is 32.5 Å². The number of carbonyl (C=O) groups excluding carboxylic acids is 2. The number of furan rings is 1. The Morgan fingerprint density at radius 3 is 2.37 bits per heavy atom. The smallest absolute Gasteiger partial charge is 0.255 e. The maximum absolute atomic E-state index is 13.5. The number of hydrogen-bond donors (Lipinski definition) is 3. The molecular weight excluding hydrogens is 542 g/mol. The molecule has 1 aliphatic carbocycles. The summed E-state index contributed by atoms with van der Waals surface area (Å²) in [6, 6.07) is 16.1. The van der Waals surface area contributed by atoms with Crippen LogP contribution >= 0.6 is 0 Å². The number of carbonyl (C=O) groups is 2. The number of rotatable bonds is 8. The molecule has 0 spiro atoms. The van der Waals surface area contributed by atoms with Gasteiger partial charge in [0.05, 0.1) is 17.0 Å². The minimum atomic E-state index is -1.75. The first-order valence-electron chi connectivity index (χ1n) is 12.5. The summed E-state index contributed by atoms with van der Waals surface area (Å²) in [4.78, 5) is 30.3. The van der Waals surface area contributed by atoms with Crippen LogP contribution in [0, 0.1) is 17.1 Å². The Bertz CT molecular complexity index is 1610. The van der Waals surface area contributed by atoms with Gasteiger partial charge in [-0.15, -0.1) is 0 Å². The van der Waals surface area contributed by atoms with Crippen molar-refractivity contribution in [1.82, 2.24) is 15.6 Å². The molecule has 4 aromatic rings. The second-order valence-corrected chi connectivity index (χ2v) is 9.08. The molecule has 0 saturated heterocycles. The Labute approximate surface area is 232 Å². The van der Waals surface area contributed by atoms with Gasteiger partial charge in [0.1, 0.15) is 29.6 Å². The molecule has 8 nitrogen and oxygen atoms in total. The van der Waals surface area contributed by atoms with Gasteiger partial charge < -0.3 is 20.4 Å². The summed E-state index contributed by atoms with van der Waals surface area (Å²) >= 11 is 0. The van der Waals surface area contributed by atoms with Crippen molar-refractivity contribution >= 4 is 28.7 Å². The van der Waals surface area contributed by atoms with Gasteiger partial charge in [0.25, 0.3) is 11.8 Å². The average Bonchev–Trinajstić information content (AvgIpc) is 3.66. The van der Waals surface area contributed by atoms with Crippen LogP contribution in [0.1, 0.15) is 33.6 Å². The lowest BCUT2D eigenvalue weighted by atomic mass is 9.99. The highest BCUT2D eigenvalue weighted by atomic mass is 19.3. The maximum atomic E-state index is 13.5. The quantitative estimate of drug-likeness (QED) is 0.235. The van der Waals surface area contributed by atoms with E-state index in [0.717, 1.165) is 0 Å². The Kier molecular flexibility index (Phi) is 8.87. The lowest BCUT2D eigenvalue weighted by Gasteiger charge is -2.13. The van der Waals surface area contributed by atoms with Crippen molar-refractivity contribution < 1.29 is 31.6 Å². The average molecular weight is 568 g/mol. The van der Waals surface area contributed by atoms with Gasteiger partial charge in [0.2, 0.25) is 12.6 Å². The molecule has 1 aliphatic rings. The first-order chi connectivity index (χ1) is 19.8. The molecule has 1 saturated carbocycles. The molecule has 3 N–H and O–H groups in total. The van der Waals surface area contributed by atoms with E-state index in [1.165, 1.54) is 31.3 Å². The van der Waals surface area contributed by atoms with Crippen molar-refractivity contribution in [3.63, 3.8) is 0 Å². The lowest BCUT2D eigenvalue weighted by molar-refractivity contribution is 0.0939. The predicted octanol–water partition coefficient (Wildman–Crippen LogP) is 5.71. The molecule has 2 heterocycles. The number of fused-ring (bicyclic) bond motifs is 1. The molecular formula is C29H25F4N5O3. The molecule has 0 aliphatic heterocycles. The molecule has 12 heteroatoms. The van der Waals surface area contributed by atoms with Crippen LogP contribution < -0.4 is 16.0 Å². The SMILES string of the molecule is CNC(=O)c1c(-c2ccc(F)cc2)oc2nc(NCCF)c(-c3cccc(C(=O)NC4(C#N)CC4)c3)cc12.FCF. The third kappa shape index (κ3) is 6.30. The van der Waals surface area contributed by atoms with Crippen LogP contribution in [0.3, 0.4) is 0 Å². The lowest BCUT2D eigenvalue weighted by Crippen LogP contribution is -2.35. The summed E-state index contributed by atoms with van der Waals surface area (Å²) < 4.78 is 51.9. The third-order valence-electron chi connectivity index (χ3n) is 6.38. The van der Waals surface area contributed by atoms with E-state index in [1.807, 2.05) is 0 Å². The number of aromatic nitrogens is 1. The number of anilines is 1. The topological polar surface area (TPSA) is 120 Å². The Morgan fingerprint density at radius 1 is 1.05 bits per heavy atom. The number of hydrogen-bond acceptors (Lipinski definition) is 6. The maximum Gasteiger partial charge on any atom is 0.255 e. The summed E-state index contributed by atoms with van der Waals surface area (Å²) in [6.45, 7) is -2.43. The minimum Gasteiger partial charge on any atom is -0.437 e. The zero-order valence-electron chi connectivity index (χ0n) is 21.9. The van der Waals surface area contributed by atoms with E-state index in [9.17, 15) is 32.4 Å². The molecule has 5 rings (SSSR count). The minimum absolute atomic E-state index is 0.0236. The number of pyridine rings is 1. The van der Waals surface area contributed by atoms with Gasteiger partial charge in [-0.2, -0.15) is 10.2 Å². The number of amides is 2. The van der Waals surface area contributed by atoms with Crippen LogP contribution in [-0.2, 0) is 0 Å². The van der Waals surface area contributed by atoms with Crippen LogP contribution in [0.15, 0.2) is 59.0 Å². The third-order valence-corrected chi connectivity index (χ3v) is 6.38. The molecule has 212 valence electrons. The van der Waals surface area contributed by atoms with E-state index >= 15 is 0 Å². The van der Waals surface area contributed by atoms with E-state index in [0.29, 0.717) is 46.3 Å². The van der Waals surface area contributed by atoms with Crippen LogP contribution in [-0.4, -0.2) is 49.5 Å². The fourth-order valence-electron chi connectivity index (χ4n) is 4.21. The molecule has 0 radical (unpaired) electrons. The first kappa shape index (κ1) is 29.1. The fourth-order valence-corrected chi connectivity index (χ4v) is 4.21. The zero-order valence-corrected chi connectivity index (χ0v) is 21.9. The number of nitrogens with one attached hydrogen (secondary N) is 3. The summed E-state index contributed by atoms with van der Waals surface area (Å²) in [5.41, 5.74) is 1.43. The summed E-state index contributed by atoms with van der Waals surface area (Å²) in [5.74, 6) is -0.743. The molecule has 0 unspecified atom stereocenters. The van der Waals surface area contributed by atoms with Crippen LogP contribution in [0.2, 0.25) is 0 Å². The second-order valence-electron chi connectivity index (χ2n) is 9.08. The van der Waals surface area contributed by atoms with E-state index in [-0.39, 0.29) is 29.5 Å². The van der Waals surface area contributed by atoms with Gasteiger partial charge in [0, 0.05) is 30.3 Å². The summed E-state index contributed by atoms with van der Waals surface area (Å²) in [6.07, 6.45) is 1.21. The Hall–Kier alpha value is -4.92. The van der Waals surface area contributed by atoms with Crippen LogP contribution in [0.4, 0.5) is 23.4 Å². The van der Waals surface area contributed by atoms with Gasteiger partial charge >= 0.3 is 0 Å². The van der Waals surface area contributed by atoms with Crippen molar-refractivity contribution in [3.05, 3.63) is 71.5 Å². The normalized spacial score (nSPS) is 13.0. The Balaban J connectivity index is 0.00000124. The van der Waals surface area contributed by atoms with E-state index in [2.05, 4.69) is 27.0 Å². The Morgan fingerprint density at radius 2 is 1.76 bits per heavy atom. The van der Waals surface area contributed by atoms with Crippen molar-refractivity contribution in [1.29, 1.82) is 5.26 Å². The molecule has 2 aromatic carbocycles. The van der Waals surface area contributed by atoms with Gasteiger partial charge in [0.15, 0.2) is 0 Å². The van der Waals surface area contributed by atoms with Crippen molar-refractivity contribution in [2.24, 2.45) is 0 Å². The van der Waals surface area contributed by atoms with Gasteiger partial charge in [-0.1, -0.05) is 12.1 Å². The van der Waals surface area contributed by atoms with E-state index < -0.39 is 30.9 Å². The van der Waals surface area contributed by atoms with Crippen LogP contribution in [0.5, 0.6) is 0 Å².